The molecule has 2 aromatic heterocycles. The van der Waals surface area contributed by atoms with Gasteiger partial charge >= 0.3 is 0 Å². The number of methoxy groups -OCH3 is 1. The van der Waals surface area contributed by atoms with E-state index in [2.05, 4.69) is 4.98 Å². The molecule has 4 aromatic rings. The first-order valence-corrected chi connectivity index (χ1v) is 9.59. The van der Waals surface area contributed by atoms with Crippen molar-refractivity contribution in [2.75, 3.05) is 7.11 Å². The summed E-state index contributed by atoms with van der Waals surface area (Å²) in [7, 11) is 1.64. The van der Waals surface area contributed by atoms with Crippen LogP contribution in [-0.4, -0.2) is 12.1 Å². The SMILES string of the molecule is COc1ccc2oc(-c3ccc(Cl)cc3)cc(=Nc3nc(C)c(C)s3)c2c1. The lowest BCUT2D eigenvalue weighted by Crippen LogP contribution is -2.03. The van der Waals surface area contributed by atoms with Gasteiger partial charge in [-0.1, -0.05) is 22.9 Å². The highest BCUT2D eigenvalue weighted by atomic mass is 35.5. The van der Waals surface area contributed by atoms with E-state index < -0.39 is 0 Å². The summed E-state index contributed by atoms with van der Waals surface area (Å²) in [5, 5.41) is 3.07. The van der Waals surface area contributed by atoms with E-state index in [1.165, 1.54) is 0 Å². The average molecular weight is 397 g/mol. The molecule has 0 atom stereocenters. The first-order chi connectivity index (χ1) is 13.0. The molecule has 0 fully saturated rings. The Morgan fingerprint density at radius 3 is 2.52 bits per heavy atom. The summed E-state index contributed by atoms with van der Waals surface area (Å²) in [6.45, 7) is 4.04. The molecule has 4 nitrogen and oxygen atoms in total. The van der Waals surface area contributed by atoms with Crippen LogP contribution in [-0.2, 0) is 0 Å². The Bertz CT molecular complexity index is 1170. The van der Waals surface area contributed by atoms with Gasteiger partial charge in [0, 0.05) is 26.9 Å². The van der Waals surface area contributed by atoms with Gasteiger partial charge in [0.15, 0.2) is 0 Å². The maximum Gasteiger partial charge on any atom is 0.210 e. The van der Waals surface area contributed by atoms with E-state index in [9.17, 15) is 0 Å². The van der Waals surface area contributed by atoms with Gasteiger partial charge in [-0.15, -0.1) is 0 Å². The van der Waals surface area contributed by atoms with E-state index in [1.807, 2.05) is 62.4 Å². The van der Waals surface area contributed by atoms with E-state index >= 15 is 0 Å². The first-order valence-electron chi connectivity index (χ1n) is 8.40. The van der Waals surface area contributed by atoms with Crippen LogP contribution in [0.3, 0.4) is 0 Å². The molecule has 0 aliphatic heterocycles. The van der Waals surface area contributed by atoms with Crippen LogP contribution in [0.15, 0.2) is 57.9 Å². The molecule has 2 aromatic carbocycles. The van der Waals surface area contributed by atoms with Crippen LogP contribution in [0, 0.1) is 13.8 Å². The van der Waals surface area contributed by atoms with Crippen molar-refractivity contribution in [1.82, 2.24) is 4.98 Å². The summed E-state index contributed by atoms with van der Waals surface area (Å²) in [5.74, 6) is 1.47. The van der Waals surface area contributed by atoms with Gasteiger partial charge in [0.1, 0.15) is 17.1 Å². The number of benzene rings is 2. The van der Waals surface area contributed by atoms with Crippen LogP contribution < -0.4 is 10.1 Å². The van der Waals surface area contributed by atoms with Crippen molar-refractivity contribution in [3.63, 3.8) is 0 Å². The van der Waals surface area contributed by atoms with E-state index in [0.29, 0.717) is 10.8 Å². The van der Waals surface area contributed by atoms with Crippen molar-refractivity contribution in [2.24, 2.45) is 4.99 Å². The number of hydrogen-bond acceptors (Lipinski definition) is 5. The van der Waals surface area contributed by atoms with Gasteiger partial charge in [-0.25, -0.2) is 9.98 Å². The third-order valence-corrected chi connectivity index (χ3v) is 5.53. The lowest BCUT2D eigenvalue weighted by atomic mass is 10.1. The molecule has 0 amide bonds. The largest absolute Gasteiger partial charge is 0.497 e. The molecule has 27 heavy (non-hydrogen) atoms. The van der Waals surface area contributed by atoms with Crippen LogP contribution in [0.2, 0.25) is 5.02 Å². The summed E-state index contributed by atoms with van der Waals surface area (Å²) in [6.07, 6.45) is 0. The smallest absolute Gasteiger partial charge is 0.210 e. The number of halogens is 1. The van der Waals surface area contributed by atoms with Crippen LogP contribution in [0.4, 0.5) is 5.13 Å². The third kappa shape index (κ3) is 3.61. The molecule has 136 valence electrons. The van der Waals surface area contributed by atoms with Gasteiger partial charge in [0.25, 0.3) is 0 Å². The number of rotatable bonds is 3. The highest BCUT2D eigenvalue weighted by Gasteiger charge is 2.09. The molecule has 0 aliphatic carbocycles. The number of ether oxygens (including phenoxy) is 1. The fourth-order valence-corrected chi connectivity index (χ4v) is 3.65. The van der Waals surface area contributed by atoms with Crippen molar-refractivity contribution < 1.29 is 9.15 Å². The summed E-state index contributed by atoms with van der Waals surface area (Å²) in [5.41, 5.74) is 2.66. The Morgan fingerprint density at radius 1 is 1.07 bits per heavy atom. The summed E-state index contributed by atoms with van der Waals surface area (Å²) in [4.78, 5) is 10.5. The monoisotopic (exact) mass is 396 g/mol. The molecule has 0 aliphatic rings. The molecular formula is C21H17ClN2O2S. The lowest BCUT2D eigenvalue weighted by Gasteiger charge is -2.06. The molecule has 0 bridgehead atoms. The van der Waals surface area contributed by atoms with E-state index in [1.54, 1.807) is 18.4 Å². The van der Waals surface area contributed by atoms with E-state index in [0.717, 1.165) is 43.3 Å². The van der Waals surface area contributed by atoms with Crippen LogP contribution >= 0.6 is 22.9 Å². The molecule has 0 saturated carbocycles. The zero-order valence-corrected chi connectivity index (χ0v) is 16.7. The highest BCUT2D eigenvalue weighted by Crippen LogP contribution is 2.27. The van der Waals surface area contributed by atoms with Crippen molar-refractivity contribution in [1.29, 1.82) is 0 Å². The topological polar surface area (TPSA) is 47.6 Å². The highest BCUT2D eigenvalue weighted by molar-refractivity contribution is 7.15. The molecule has 0 spiro atoms. The second-order valence-electron chi connectivity index (χ2n) is 6.11. The fourth-order valence-electron chi connectivity index (χ4n) is 2.73. The third-order valence-electron chi connectivity index (χ3n) is 4.31. The molecule has 4 rings (SSSR count). The van der Waals surface area contributed by atoms with Crippen LogP contribution in [0.25, 0.3) is 22.3 Å². The number of fused-ring (bicyclic) bond motifs is 1. The lowest BCUT2D eigenvalue weighted by molar-refractivity contribution is 0.415. The normalized spacial score (nSPS) is 11.9. The van der Waals surface area contributed by atoms with Gasteiger partial charge in [0.05, 0.1) is 18.2 Å². The minimum Gasteiger partial charge on any atom is -0.497 e. The molecule has 2 heterocycles. The number of nitrogens with zero attached hydrogens (tertiary/aromatic N) is 2. The number of aryl methyl sites for hydroxylation is 2. The molecular weight excluding hydrogens is 380 g/mol. The Balaban J connectivity index is 1.99. The number of aromatic nitrogens is 1. The Kier molecular flexibility index (Phi) is 4.72. The first kappa shape index (κ1) is 17.8. The van der Waals surface area contributed by atoms with Gasteiger partial charge < -0.3 is 9.15 Å². The van der Waals surface area contributed by atoms with Gasteiger partial charge in [-0.2, -0.15) is 0 Å². The predicted molar refractivity (Wildman–Crippen MR) is 110 cm³/mol. The Hall–Kier alpha value is -2.63. The van der Waals surface area contributed by atoms with Crippen LogP contribution in [0.5, 0.6) is 5.75 Å². The zero-order chi connectivity index (χ0) is 19.0. The van der Waals surface area contributed by atoms with Crippen molar-refractivity contribution in [3.05, 3.63) is 69.5 Å². The Labute approximate surface area is 165 Å². The predicted octanol–water partition coefficient (Wildman–Crippen LogP) is 6.07. The maximum atomic E-state index is 6.12. The molecule has 6 heteroatoms. The fraction of sp³-hybridized carbons (Fsp3) is 0.143. The number of hydrogen-bond donors (Lipinski definition) is 0. The molecule has 0 unspecified atom stereocenters. The second-order valence-corrected chi connectivity index (χ2v) is 7.73. The van der Waals surface area contributed by atoms with E-state index in [-0.39, 0.29) is 0 Å². The molecule has 0 saturated heterocycles. The van der Waals surface area contributed by atoms with Crippen molar-refractivity contribution >= 4 is 39.0 Å². The zero-order valence-electron chi connectivity index (χ0n) is 15.1. The Morgan fingerprint density at radius 2 is 1.85 bits per heavy atom. The maximum absolute atomic E-state index is 6.12. The quantitative estimate of drug-likeness (QED) is 0.422. The van der Waals surface area contributed by atoms with Crippen molar-refractivity contribution in [2.45, 2.75) is 13.8 Å². The minimum atomic E-state index is 0.683. The summed E-state index contributed by atoms with van der Waals surface area (Å²) >= 11 is 7.59. The second kappa shape index (κ2) is 7.18. The molecule has 0 N–H and O–H groups in total. The van der Waals surface area contributed by atoms with E-state index in [4.69, 9.17) is 25.7 Å². The standard InChI is InChI=1S/C21H17ClN2O2S/c1-12-13(2)27-21(23-12)24-18-11-20(14-4-6-15(22)7-5-14)26-19-9-8-16(25-3)10-17(18)19/h4-11H,1-3H3. The molecule has 0 radical (unpaired) electrons. The van der Waals surface area contributed by atoms with Gasteiger partial charge in [-0.05, 0) is 56.3 Å². The minimum absolute atomic E-state index is 0.683. The van der Waals surface area contributed by atoms with Crippen LogP contribution in [0.1, 0.15) is 10.6 Å². The summed E-state index contributed by atoms with van der Waals surface area (Å²) in [6, 6.07) is 15.2. The average Bonchev–Trinajstić information content (AvgIpc) is 2.99. The van der Waals surface area contributed by atoms with Crippen molar-refractivity contribution in [3.8, 4) is 17.1 Å². The van der Waals surface area contributed by atoms with Gasteiger partial charge in [-0.3, -0.25) is 0 Å². The van der Waals surface area contributed by atoms with Gasteiger partial charge in [0.2, 0.25) is 5.13 Å². The number of thiazole rings is 1. The summed E-state index contributed by atoms with van der Waals surface area (Å²) < 4.78 is 11.5.